The molecule has 7 heteroatoms. The van der Waals surface area contributed by atoms with Gasteiger partial charge in [0.25, 0.3) is 5.91 Å². The number of nitrogens with one attached hydrogen (secondary N) is 1. The van der Waals surface area contributed by atoms with Crippen molar-refractivity contribution in [3.05, 3.63) is 101 Å². The van der Waals surface area contributed by atoms with Crippen molar-refractivity contribution in [2.45, 2.75) is 26.3 Å². The van der Waals surface area contributed by atoms with Crippen molar-refractivity contribution in [1.29, 1.82) is 0 Å². The van der Waals surface area contributed by atoms with Gasteiger partial charge in [-0.25, -0.2) is 13.8 Å². The summed E-state index contributed by atoms with van der Waals surface area (Å²) in [6.07, 6.45) is 2.75. The summed E-state index contributed by atoms with van der Waals surface area (Å²) in [5, 5.41) is 4.01. The van der Waals surface area contributed by atoms with Gasteiger partial charge < -0.3 is 0 Å². The summed E-state index contributed by atoms with van der Waals surface area (Å²) in [6.45, 7) is 4.47. The monoisotopic (exact) mass is 449 g/mol. The van der Waals surface area contributed by atoms with Crippen molar-refractivity contribution in [1.82, 2.24) is 5.43 Å². The van der Waals surface area contributed by atoms with Gasteiger partial charge >= 0.3 is 0 Å². The summed E-state index contributed by atoms with van der Waals surface area (Å²) >= 11 is 0. The number of sulfonamides is 1. The first-order valence-corrected chi connectivity index (χ1v) is 12.1. The van der Waals surface area contributed by atoms with Crippen LogP contribution in [0.4, 0.5) is 5.69 Å². The Hall–Kier alpha value is -3.45. The lowest BCUT2D eigenvalue weighted by molar-refractivity contribution is 0.0955. The smallest absolute Gasteiger partial charge is 0.267 e. The minimum absolute atomic E-state index is 0.213. The van der Waals surface area contributed by atoms with Crippen molar-refractivity contribution in [3.63, 3.8) is 0 Å². The average Bonchev–Trinajstić information content (AvgIpc) is 2.78. The Kier molecular flexibility index (Phi) is 7.43. The number of hydrazone groups is 1. The largest absolute Gasteiger partial charge is 0.271 e. The standard InChI is InChI=1S/C25H27N3O3S/c1-19(2)22-11-9-20(10-12-22)17-26-27-25(29)23-13-15-24(16-14-23)28(32(3,30)31)18-21-7-5-4-6-8-21/h4-17,19H,18H2,1-3H3,(H,27,29)/b26-17-. The highest BCUT2D eigenvalue weighted by atomic mass is 32.2. The van der Waals surface area contributed by atoms with Crippen LogP contribution in [0.25, 0.3) is 0 Å². The maximum absolute atomic E-state index is 12.4. The zero-order valence-corrected chi connectivity index (χ0v) is 19.2. The fraction of sp³-hybridized carbons (Fsp3) is 0.200. The molecule has 0 aromatic heterocycles. The number of amides is 1. The molecule has 0 bridgehead atoms. The van der Waals surface area contributed by atoms with Gasteiger partial charge in [-0.05, 0) is 46.9 Å². The second-order valence-electron chi connectivity index (χ2n) is 7.82. The summed E-state index contributed by atoms with van der Waals surface area (Å²) in [5.41, 5.74) is 6.37. The van der Waals surface area contributed by atoms with E-state index in [0.717, 1.165) is 11.1 Å². The second kappa shape index (κ2) is 10.2. The molecule has 0 fully saturated rings. The van der Waals surface area contributed by atoms with Gasteiger partial charge in [-0.3, -0.25) is 9.10 Å². The molecule has 6 nitrogen and oxygen atoms in total. The summed E-state index contributed by atoms with van der Waals surface area (Å²) in [5.74, 6) is 0.0792. The van der Waals surface area contributed by atoms with E-state index in [1.54, 1.807) is 30.5 Å². The zero-order chi connectivity index (χ0) is 23.1. The molecule has 0 aliphatic heterocycles. The van der Waals surface area contributed by atoms with Gasteiger partial charge in [-0.15, -0.1) is 0 Å². The predicted octanol–water partition coefficient (Wildman–Crippen LogP) is 4.54. The summed E-state index contributed by atoms with van der Waals surface area (Å²) in [6, 6.07) is 23.7. The molecule has 1 N–H and O–H groups in total. The van der Waals surface area contributed by atoms with E-state index in [1.807, 2.05) is 54.6 Å². The molecule has 3 aromatic carbocycles. The Morgan fingerprint density at radius 1 is 0.969 bits per heavy atom. The molecule has 3 rings (SSSR count). The first-order valence-electron chi connectivity index (χ1n) is 10.3. The number of hydrogen-bond acceptors (Lipinski definition) is 4. The van der Waals surface area contributed by atoms with Crippen LogP contribution in [-0.2, 0) is 16.6 Å². The van der Waals surface area contributed by atoms with Crippen molar-refractivity contribution >= 4 is 27.8 Å². The molecule has 0 spiro atoms. The molecule has 3 aromatic rings. The number of carbonyl (C=O) groups is 1. The lowest BCUT2D eigenvalue weighted by atomic mass is 10.0. The Balaban J connectivity index is 1.67. The first kappa shape index (κ1) is 23.2. The van der Waals surface area contributed by atoms with Crippen LogP contribution in [-0.4, -0.2) is 26.8 Å². The minimum atomic E-state index is -3.49. The molecule has 0 radical (unpaired) electrons. The lowest BCUT2D eigenvalue weighted by Gasteiger charge is -2.22. The molecule has 166 valence electrons. The van der Waals surface area contributed by atoms with Crippen LogP contribution >= 0.6 is 0 Å². The van der Waals surface area contributed by atoms with E-state index in [-0.39, 0.29) is 12.5 Å². The van der Waals surface area contributed by atoms with Gasteiger partial charge in [-0.2, -0.15) is 5.10 Å². The van der Waals surface area contributed by atoms with Crippen LogP contribution in [0.1, 0.15) is 46.8 Å². The van der Waals surface area contributed by atoms with E-state index in [1.165, 1.54) is 16.1 Å². The molecular formula is C25H27N3O3S. The Bertz CT molecular complexity index is 1170. The van der Waals surface area contributed by atoms with Gasteiger partial charge in [0.1, 0.15) is 0 Å². The Labute approximate surface area is 189 Å². The first-order chi connectivity index (χ1) is 15.2. The Morgan fingerprint density at radius 2 is 1.59 bits per heavy atom. The lowest BCUT2D eigenvalue weighted by Crippen LogP contribution is -2.29. The number of nitrogens with zero attached hydrogens (tertiary/aromatic N) is 2. The van der Waals surface area contributed by atoms with E-state index in [4.69, 9.17) is 0 Å². The maximum atomic E-state index is 12.4. The highest BCUT2D eigenvalue weighted by molar-refractivity contribution is 7.92. The van der Waals surface area contributed by atoms with Gasteiger partial charge in [-0.1, -0.05) is 68.4 Å². The topological polar surface area (TPSA) is 78.8 Å². The third-order valence-corrected chi connectivity index (χ3v) is 6.11. The van der Waals surface area contributed by atoms with Gasteiger partial charge in [0.05, 0.1) is 24.7 Å². The fourth-order valence-electron chi connectivity index (χ4n) is 3.13. The minimum Gasteiger partial charge on any atom is -0.267 e. The van der Waals surface area contributed by atoms with E-state index in [0.29, 0.717) is 17.2 Å². The highest BCUT2D eigenvalue weighted by Gasteiger charge is 2.18. The molecule has 0 heterocycles. The Morgan fingerprint density at radius 3 is 2.16 bits per heavy atom. The number of anilines is 1. The van der Waals surface area contributed by atoms with Crippen LogP contribution in [0.5, 0.6) is 0 Å². The summed E-state index contributed by atoms with van der Waals surface area (Å²) < 4.78 is 25.9. The molecule has 0 aliphatic carbocycles. The SMILES string of the molecule is CC(C)c1ccc(/C=N\NC(=O)c2ccc(N(Cc3ccccc3)S(C)(=O)=O)cc2)cc1. The quantitative estimate of drug-likeness (QED) is 0.405. The molecule has 32 heavy (non-hydrogen) atoms. The average molecular weight is 450 g/mol. The highest BCUT2D eigenvalue weighted by Crippen LogP contribution is 2.21. The molecule has 0 unspecified atom stereocenters. The molecule has 0 saturated heterocycles. The third kappa shape index (κ3) is 6.28. The van der Waals surface area contributed by atoms with Crippen molar-refractivity contribution in [2.75, 3.05) is 10.6 Å². The molecule has 1 amide bonds. The van der Waals surface area contributed by atoms with Crippen molar-refractivity contribution in [3.8, 4) is 0 Å². The summed E-state index contributed by atoms with van der Waals surface area (Å²) in [4.78, 5) is 12.4. The van der Waals surface area contributed by atoms with E-state index in [9.17, 15) is 13.2 Å². The number of rotatable bonds is 8. The van der Waals surface area contributed by atoms with Crippen LogP contribution in [0.3, 0.4) is 0 Å². The van der Waals surface area contributed by atoms with E-state index in [2.05, 4.69) is 24.4 Å². The second-order valence-corrected chi connectivity index (χ2v) is 9.73. The van der Waals surface area contributed by atoms with Gasteiger partial charge in [0.15, 0.2) is 0 Å². The zero-order valence-electron chi connectivity index (χ0n) is 18.4. The van der Waals surface area contributed by atoms with Gasteiger partial charge in [0, 0.05) is 5.56 Å². The van der Waals surface area contributed by atoms with Crippen LogP contribution in [0.15, 0.2) is 84.0 Å². The number of benzene rings is 3. The maximum Gasteiger partial charge on any atom is 0.271 e. The normalized spacial score (nSPS) is 11.6. The van der Waals surface area contributed by atoms with Crippen LogP contribution < -0.4 is 9.73 Å². The predicted molar refractivity (Wildman–Crippen MR) is 130 cm³/mol. The number of carbonyl (C=O) groups excluding carboxylic acids is 1. The molecule has 0 atom stereocenters. The fourth-order valence-corrected chi connectivity index (χ4v) is 4.01. The van der Waals surface area contributed by atoms with Crippen LogP contribution in [0.2, 0.25) is 0 Å². The molecule has 0 aliphatic rings. The van der Waals surface area contributed by atoms with Gasteiger partial charge in [0.2, 0.25) is 10.0 Å². The summed E-state index contributed by atoms with van der Waals surface area (Å²) in [7, 11) is -3.49. The third-order valence-electron chi connectivity index (χ3n) is 4.97. The molecular weight excluding hydrogens is 422 g/mol. The van der Waals surface area contributed by atoms with Crippen molar-refractivity contribution < 1.29 is 13.2 Å². The number of hydrogen-bond donors (Lipinski definition) is 1. The van der Waals surface area contributed by atoms with Crippen LogP contribution in [0, 0.1) is 0 Å². The van der Waals surface area contributed by atoms with E-state index < -0.39 is 10.0 Å². The van der Waals surface area contributed by atoms with Crippen molar-refractivity contribution in [2.24, 2.45) is 5.10 Å². The van der Waals surface area contributed by atoms with E-state index >= 15 is 0 Å². The molecule has 0 saturated carbocycles.